The third-order valence-corrected chi connectivity index (χ3v) is 3.55. The molecule has 3 aromatic rings. The molecule has 3 heterocycles. The minimum atomic E-state index is 0.657. The van der Waals surface area contributed by atoms with Gasteiger partial charge in [-0.2, -0.15) is 11.3 Å². The Bertz CT molecular complexity index is 653. The van der Waals surface area contributed by atoms with Crippen LogP contribution in [0.3, 0.4) is 0 Å². The molecule has 1 N–H and O–H groups in total. The van der Waals surface area contributed by atoms with Crippen LogP contribution in [0.15, 0.2) is 53.5 Å². The molecular formula is C15H14N4S. The molecule has 0 unspecified atom stereocenters. The van der Waals surface area contributed by atoms with Gasteiger partial charge in [-0.25, -0.2) is 9.97 Å². The van der Waals surface area contributed by atoms with E-state index in [0.717, 1.165) is 29.9 Å². The van der Waals surface area contributed by atoms with E-state index in [1.165, 1.54) is 0 Å². The lowest BCUT2D eigenvalue weighted by atomic mass is 10.2. The Labute approximate surface area is 121 Å². The summed E-state index contributed by atoms with van der Waals surface area (Å²) in [4.78, 5) is 13.0. The summed E-state index contributed by atoms with van der Waals surface area (Å²) in [6, 6.07) is 9.92. The molecule has 0 saturated carbocycles. The molecule has 0 saturated heterocycles. The van der Waals surface area contributed by atoms with Crippen LogP contribution in [0.5, 0.6) is 0 Å². The molecule has 100 valence electrons. The van der Waals surface area contributed by atoms with Crippen LogP contribution in [-0.2, 0) is 6.42 Å². The fourth-order valence-corrected chi connectivity index (χ4v) is 2.51. The average Bonchev–Trinajstić information content (AvgIpc) is 3.03. The second-order valence-electron chi connectivity index (χ2n) is 4.28. The molecule has 0 atom stereocenters. The predicted molar refractivity (Wildman–Crippen MR) is 81.8 cm³/mol. The average molecular weight is 282 g/mol. The number of pyridine rings is 1. The zero-order valence-electron chi connectivity index (χ0n) is 10.9. The van der Waals surface area contributed by atoms with Crippen molar-refractivity contribution < 1.29 is 0 Å². The second-order valence-corrected chi connectivity index (χ2v) is 5.06. The van der Waals surface area contributed by atoms with Crippen LogP contribution in [0.25, 0.3) is 11.3 Å². The van der Waals surface area contributed by atoms with Gasteiger partial charge in [0.25, 0.3) is 0 Å². The summed E-state index contributed by atoms with van der Waals surface area (Å²) in [6.07, 6.45) is 4.44. The van der Waals surface area contributed by atoms with E-state index >= 15 is 0 Å². The monoisotopic (exact) mass is 282 g/mol. The van der Waals surface area contributed by atoms with Gasteiger partial charge < -0.3 is 5.32 Å². The van der Waals surface area contributed by atoms with Crippen LogP contribution >= 0.6 is 11.3 Å². The third-order valence-electron chi connectivity index (χ3n) is 2.86. The molecular weight excluding hydrogens is 268 g/mol. The Morgan fingerprint density at radius 1 is 1.05 bits per heavy atom. The summed E-state index contributed by atoms with van der Waals surface area (Å²) >= 11 is 1.67. The molecule has 3 rings (SSSR count). The van der Waals surface area contributed by atoms with Crippen molar-refractivity contribution in [1.82, 2.24) is 15.0 Å². The van der Waals surface area contributed by atoms with E-state index in [1.807, 2.05) is 35.8 Å². The van der Waals surface area contributed by atoms with Gasteiger partial charge in [-0.1, -0.05) is 6.07 Å². The smallest absolute Gasteiger partial charge is 0.223 e. The molecule has 3 aromatic heterocycles. The van der Waals surface area contributed by atoms with Crippen molar-refractivity contribution in [2.45, 2.75) is 6.42 Å². The molecule has 5 heteroatoms. The van der Waals surface area contributed by atoms with Crippen LogP contribution in [0.4, 0.5) is 5.95 Å². The highest BCUT2D eigenvalue weighted by molar-refractivity contribution is 7.08. The highest BCUT2D eigenvalue weighted by atomic mass is 32.1. The fourth-order valence-electron chi connectivity index (χ4n) is 1.86. The zero-order chi connectivity index (χ0) is 13.6. The minimum absolute atomic E-state index is 0.657. The largest absolute Gasteiger partial charge is 0.354 e. The van der Waals surface area contributed by atoms with Gasteiger partial charge >= 0.3 is 0 Å². The lowest BCUT2D eigenvalue weighted by Crippen LogP contribution is -2.08. The second kappa shape index (κ2) is 6.25. The number of hydrogen-bond acceptors (Lipinski definition) is 5. The quantitative estimate of drug-likeness (QED) is 0.780. The van der Waals surface area contributed by atoms with E-state index in [4.69, 9.17) is 0 Å². The SMILES string of the molecule is c1ccc(CCNc2nccc(-c3ccsc3)n2)nc1. The molecule has 0 aliphatic heterocycles. The van der Waals surface area contributed by atoms with Crippen LogP contribution < -0.4 is 5.32 Å². The van der Waals surface area contributed by atoms with Gasteiger partial charge in [-0.3, -0.25) is 4.98 Å². The van der Waals surface area contributed by atoms with Gasteiger partial charge in [-0.05, 0) is 29.6 Å². The standard InChI is InChI=1S/C15H14N4S/c1-2-7-16-13(3-1)4-8-17-15-18-9-5-14(19-15)12-6-10-20-11-12/h1-3,5-7,9-11H,4,8H2,(H,17,18,19). The fraction of sp³-hybridized carbons (Fsp3) is 0.133. The first-order valence-electron chi connectivity index (χ1n) is 6.41. The van der Waals surface area contributed by atoms with Crippen LogP contribution in [0.2, 0.25) is 0 Å². The van der Waals surface area contributed by atoms with Gasteiger partial charge in [0.1, 0.15) is 0 Å². The van der Waals surface area contributed by atoms with Crippen molar-refractivity contribution in [2.75, 3.05) is 11.9 Å². The van der Waals surface area contributed by atoms with E-state index in [-0.39, 0.29) is 0 Å². The predicted octanol–water partition coefficient (Wildman–Crippen LogP) is 3.25. The summed E-state index contributed by atoms with van der Waals surface area (Å²) in [5, 5.41) is 7.37. The van der Waals surface area contributed by atoms with E-state index < -0.39 is 0 Å². The lowest BCUT2D eigenvalue weighted by Gasteiger charge is -2.05. The van der Waals surface area contributed by atoms with Crippen molar-refractivity contribution in [3.8, 4) is 11.3 Å². The normalized spacial score (nSPS) is 10.4. The molecule has 0 bridgehead atoms. The molecule has 4 nitrogen and oxygen atoms in total. The lowest BCUT2D eigenvalue weighted by molar-refractivity contribution is 0.942. The van der Waals surface area contributed by atoms with Gasteiger partial charge in [-0.15, -0.1) is 0 Å². The van der Waals surface area contributed by atoms with Crippen LogP contribution in [0, 0.1) is 0 Å². The van der Waals surface area contributed by atoms with E-state index in [0.29, 0.717) is 5.95 Å². The highest BCUT2D eigenvalue weighted by Crippen LogP contribution is 2.20. The number of anilines is 1. The molecule has 20 heavy (non-hydrogen) atoms. The topological polar surface area (TPSA) is 50.7 Å². The number of nitrogens with zero attached hydrogens (tertiary/aromatic N) is 3. The zero-order valence-corrected chi connectivity index (χ0v) is 11.7. The first kappa shape index (κ1) is 12.7. The Morgan fingerprint density at radius 3 is 2.85 bits per heavy atom. The first-order valence-corrected chi connectivity index (χ1v) is 7.35. The maximum atomic E-state index is 4.51. The molecule has 0 amide bonds. The number of nitrogens with one attached hydrogen (secondary N) is 1. The molecule has 0 fully saturated rings. The molecule has 0 aromatic carbocycles. The minimum Gasteiger partial charge on any atom is -0.354 e. The third kappa shape index (κ3) is 3.19. The van der Waals surface area contributed by atoms with Gasteiger partial charge in [0, 0.05) is 42.0 Å². The van der Waals surface area contributed by atoms with Gasteiger partial charge in [0.2, 0.25) is 5.95 Å². The first-order chi connectivity index (χ1) is 9.92. The molecule has 0 aliphatic carbocycles. The van der Waals surface area contributed by atoms with Gasteiger partial charge in [0.15, 0.2) is 0 Å². The maximum absolute atomic E-state index is 4.51. The summed E-state index contributed by atoms with van der Waals surface area (Å²) < 4.78 is 0. The van der Waals surface area contributed by atoms with Gasteiger partial charge in [0.05, 0.1) is 5.69 Å². The summed E-state index contributed by atoms with van der Waals surface area (Å²) in [5.41, 5.74) is 3.14. The Balaban J connectivity index is 1.62. The van der Waals surface area contributed by atoms with Crippen molar-refractivity contribution >= 4 is 17.3 Å². The highest BCUT2D eigenvalue weighted by Gasteiger charge is 2.02. The Morgan fingerprint density at radius 2 is 2.05 bits per heavy atom. The van der Waals surface area contributed by atoms with E-state index in [2.05, 4.69) is 31.7 Å². The van der Waals surface area contributed by atoms with Crippen LogP contribution in [0.1, 0.15) is 5.69 Å². The Hall–Kier alpha value is -2.27. The van der Waals surface area contributed by atoms with Crippen molar-refractivity contribution in [3.05, 3.63) is 59.2 Å². The van der Waals surface area contributed by atoms with Crippen molar-refractivity contribution in [3.63, 3.8) is 0 Å². The summed E-state index contributed by atoms with van der Waals surface area (Å²) in [6.45, 7) is 0.768. The van der Waals surface area contributed by atoms with Crippen molar-refractivity contribution in [1.29, 1.82) is 0 Å². The number of rotatable bonds is 5. The summed E-state index contributed by atoms with van der Waals surface area (Å²) in [5.74, 6) is 0.657. The molecule has 0 aliphatic rings. The number of thiophene rings is 1. The van der Waals surface area contributed by atoms with E-state index in [1.54, 1.807) is 17.5 Å². The number of hydrogen-bond donors (Lipinski definition) is 1. The molecule has 0 spiro atoms. The Kier molecular flexibility index (Phi) is 3.99. The van der Waals surface area contributed by atoms with Crippen molar-refractivity contribution in [2.24, 2.45) is 0 Å². The molecule has 0 radical (unpaired) electrons. The maximum Gasteiger partial charge on any atom is 0.223 e. The number of aromatic nitrogens is 3. The van der Waals surface area contributed by atoms with Crippen LogP contribution in [-0.4, -0.2) is 21.5 Å². The summed E-state index contributed by atoms with van der Waals surface area (Å²) in [7, 11) is 0. The van der Waals surface area contributed by atoms with E-state index in [9.17, 15) is 0 Å².